The van der Waals surface area contributed by atoms with Gasteiger partial charge in [-0.2, -0.15) is 0 Å². The fourth-order valence-corrected chi connectivity index (χ4v) is 3.15. The maximum Gasteiger partial charge on any atom is -0.0326 e. The Hall–Kier alpha value is -0.520. The van der Waals surface area contributed by atoms with Crippen LogP contribution in [0.5, 0.6) is 0 Å². The molecule has 0 radical (unpaired) electrons. The highest BCUT2D eigenvalue weighted by Gasteiger charge is 1.95. The average Bonchev–Trinajstić information content (AvgIpc) is 2.49. The Morgan fingerprint density at radius 3 is 0.739 bits per heavy atom. The molecule has 0 heteroatoms. The molecule has 0 amide bonds. The summed E-state index contributed by atoms with van der Waals surface area (Å²) in [5, 5.41) is 0. The van der Waals surface area contributed by atoms with Crippen molar-refractivity contribution in [1.82, 2.24) is 0 Å². The summed E-state index contributed by atoms with van der Waals surface area (Å²) >= 11 is 0. The van der Waals surface area contributed by atoms with E-state index in [2.05, 4.69) is 27.0 Å². The highest BCUT2D eigenvalue weighted by molar-refractivity contribution is 4.87. The monoisotopic (exact) mass is 320 g/mol. The van der Waals surface area contributed by atoms with E-state index in [1.807, 2.05) is 0 Å². The lowest BCUT2D eigenvalue weighted by Gasteiger charge is -2.04. The first-order valence-electron chi connectivity index (χ1n) is 10.4. The molecule has 0 atom stereocenters. The van der Waals surface area contributed by atoms with Gasteiger partial charge in [-0.3, -0.25) is 0 Å². The van der Waals surface area contributed by atoms with Crippen LogP contribution in [0, 0.1) is 0 Å². The van der Waals surface area contributed by atoms with Crippen molar-refractivity contribution in [3.63, 3.8) is 0 Å². The van der Waals surface area contributed by atoms with Crippen molar-refractivity contribution in [2.45, 2.75) is 123 Å². The Bertz CT molecular complexity index is 246. The van der Waals surface area contributed by atoms with E-state index in [0.717, 1.165) is 0 Å². The van der Waals surface area contributed by atoms with Crippen LogP contribution in [-0.2, 0) is 0 Å². The molecule has 0 aromatic carbocycles. The molecule has 0 aromatic rings. The summed E-state index contributed by atoms with van der Waals surface area (Å²) in [6.07, 6.45) is 23.9. The molecule has 0 unspecified atom stereocenters. The van der Waals surface area contributed by atoms with E-state index in [1.54, 1.807) is 0 Å². The lowest BCUT2D eigenvalue weighted by molar-refractivity contribution is 0.530. The van der Waals surface area contributed by atoms with Gasteiger partial charge in [0.25, 0.3) is 0 Å². The standard InChI is InChI=1S/C23H44/c1-22(2)20-18-16-14-12-10-8-6-5-7-9-11-13-15-17-19-21-23(3)4/h1,3,5-21H2,2,4H3. The minimum absolute atomic E-state index is 1.23. The summed E-state index contributed by atoms with van der Waals surface area (Å²) in [7, 11) is 0. The summed E-state index contributed by atoms with van der Waals surface area (Å²) < 4.78 is 0. The van der Waals surface area contributed by atoms with Crippen LogP contribution in [0.1, 0.15) is 123 Å². The zero-order valence-corrected chi connectivity index (χ0v) is 16.4. The Morgan fingerprint density at radius 2 is 0.565 bits per heavy atom. The highest BCUT2D eigenvalue weighted by Crippen LogP contribution is 2.15. The van der Waals surface area contributed by atoms with Crippen molar-refractivity contribution >= 4 is 0 Å². The van der Waals surface area contributed by atoms with Crippen LogP contribution < -0.4 is 0 Å². The first kappa shape index (κ1) is 22.5. The van der Waals surface area contributed by atoms with Gasteiger partial charge >= 0.3 is 0 Å². The van der Waals surface area contributed by atoms with E-state index in [9.17, 15) is 0 Å². The van der Waals surface area contributed by atoms with Gasteiger partial charge in [0.15, 0.2) is 0 Å². The number of unbranched alkanes of at least 4 members (excludes halogenated alkanes) is 14. The number of hydrogen-bond acceptors (Lipinski definition) is 0. The molecule has 0 spiro atoms. The van der Waals surface area contributed by atoms with Gasteiger partial charge < -0.3 is 0 Å². The topological polar surface area (TPSA) is 0 Å². The second kappa shape index (κ2) is 17.8. The zero-order valence-electron chi connectivity index (χ0n) is 16.4. The number of hydrogen-bond donors (Lipinski definition) is 0. The minimum atomic E-state index is 1.23. The largest absolute Gasteiger partial charge is 0.100 e. The van der Waals surface area contributed by atoms with E-state index in [0.29, 0.717) is 0 Å². The summed E-state index contributed by atoms with van der Waals surface area (Å²) in [5.41, 5.74) is 2.69. The van der Waals surface area contributed by atoms with Crippen molar-refractivity contribution in [3.05, 3.63) is 24.3 Å². The number of rotatable bonds is 18. The Labute approximate surface area is 147 Å². The maximum absolute atomic E-state index is 3.97. The van der Waals surface area contributed by atoms with Crippen LogP contribution in [0.15, 0.2) is 24.3 Å². The van der Waals surface area contributed by atoms with Gasteiger partial charge in [0.05, 0.1) is 0 Å². The van der Waals surface area contributed by atoms with Crippen LogP contribution in [0.25, 0.3) is 0 Å². The molecule has 0 aliphatic rings. The normalized spacial score (nSPS) is 10.9. The van der Waals surface area contributed by atoms with Crippen LogP contribution in [0.2, 0.25) is 0 Å². The van der Waals surface area contributed by atoms with Gasteiger partial charge in [-0.25, -0.2) is 0 Å². The van der Waals surface area contributed by atoms with E-state index < -0.39 is 0 Å². The molecule has 23 heavy (non-hydrogen) atoms. The van der Waals surface area contributed by atoms with Gasteiger partial charge in [-0.05, 0) is 39.5 Å². The van der Waals surface area contributed by atoms with Crippen LogP contribution in [-0.4, -0.2) is 0 Å². The minimum Gasteiger partial charge on any atom is -0.100 e. The smallest absolute Gasteiger partial charge is 0.0326 e. The average molecular weight is 321 g/mol. The van der Waals surface area contributed by atoms with Crippen LogP contribution in [0.3, 0.4) is 0 Å². The summed E-state index contributed by atoms with van der Waals surface area (Å²) in [5.74, 6) is 0. The van der Waals surface area contributed by atoms with Crippen molar-refractivity contribution in [2.75, 3.05) is 0 Å². The molecule has 0 rings (SSSR count). The second-order valence-corrected chi connectivity index (χ2v) is 7.72. The van der Waals surface area contributed by atoms with Crippen molar-refractivity contribution in [3.8, 4) is 0 Å². The quantitative estimate of drug-likeness (QED) is 0.175. The van der Waals surface area contributed by atoms with Gasteiger partial charge in [0.1, 0.15) is 0 Å². The summed E-state index contributed by atoms with van der Waals surface area (Å²) in [6.45, 7) is 12.2. The lowest BCUT2D eigenvalue weighted by atomic mass is 10.0. The van der Waals surface area contributed by atoms with Gasteiger partial charge in [0.2, 0.25) is 0 Å². The molecule has 0 aliphatic heterocycles. The molecule has 0 bridgehead atoms. The number of allylic oxidation sites excluding steroid dienone is 2. The van der Waals surface area contributed by atoms with E-state index in [1.165, 1.54) is 120 Å². The summed E-state index contributed by atoms with van der Waals surface area (Å²) in [6, 6.07) is 0. The van der Waals surface area contributed by atoms with Gasteiger partial charge in [0, 0.05) is 0 Å². The molecular weight excluding hydrogens is 276 g/mol. The molecule has 0 aromatic heterocycles. The van der Waals surface area contributed by atoms with E-state index >= 15 is 0 Å². The fraction of sp³-hybridized carbons (Fsp3) is 0.826. The molecule has 0 fully saturated rings. The fourth-order valence-electron chi connectivity index (χ4n) is 3.15. The SMILES string of the molecule is C=C(C)CCCCCCCCCCCCCCCCCC(=C)C. The van der Waals surface area contributed by atoms with Crippen molar-refractivity contribution in [1.29, 1.82) is 0 Å². The molecule has 0 N–H and O–H groups in total. The molecule has 0 nitrogen and oxygen atoms in total. The predicted molar refractivity (Wildman–Crippen MR) is 108 cm³/mol. The van der Waals surface area contributed by atoms with E-state index in [-0.39, 0.29) is 0 Å². The molecule has 0 saturated heterocycles. The first-order chi connectivity index (χ1) is 11.1. The molecule has 0 aliphatic carbocycles. The van der Waals surface area contributed by atoms with Crippen molar-refractivity contribution < 1.29 is 0 Å². The van der Waals surface area contributed by atoms with Crippen LogP contribution in [0.4, 0.5) is 0 Å². The molecule has 0 saturated carbocycles. The third kappa shape index (κ3) is 21.5. The molecular formula is C23H44. The van der Waals surface area contributed by atoms with Crippen LogP contribution >= 0.6 is 0 Å². The molecule has 136 valence electrons. The highest BCUT2D eigenvalue weighted by atomic mass is 14.0. The maximum atomic E-state index is 3.97. The Balaban J connectivity index is 3.00. The zero-order chi connectivity index (χ0) is 17.2. The predicted octanol–water partition coefficient (Wildman–Crippen LogP) is 8.77. The third-order valence-electron chi connectivity index (χ3n) is 4.71. The Morgan fingerprint density at radius 1 is 0.391 bits per heavy atom. The first-order valence-corrected chi connectivity index (χ1v) is 10.4. The third-order valence-corrected chi connectivity index (χ3v) is 4.71. The van der Waals surface area contributed by atoms with E-state index in [4.69, 9.17) is 0 Å². The Kier molecular flexibility index (Phi) is 17.4. The lowest BCUT2D eigenvalue weighted by Crippen LogP contribution is -1.84. The van der Waals surface area contributed by atoms with Gasteiger partial charge in [-0.1, -0.05) is 94.6 Å². The molecule has 0 heterocycles. The summed E-state index contributed by atoms with van der Waals surface area (Å²) in [4.78, 5) is 0. The second-order valence-electron chi connectivity index (χ2n) is 7.72. The van der Waals surface area contributed by atoms with Crippen molar-refractivity contribution in [2.24, 2.45) is 0 Å². The van der Waals surface area contributed by atoms with Gasteiger partial charge in [-0.15, -0.1) is 13.2 Å².